The first-order valence-corrected chi connectivity index (χ1v) is 10.1. The Morgan fingerprint density at radius 2 is 1.55 bits per heavy atom. The normalized spacial score (nSPS) is 14.4. The van der Waals surface area contributed by atoms with Crippen LogP contribution in [-0.2, 0) is 14.3 Å². The van der Waals surface area contributed by atoms with Gasteiger partial charge in [-0.2, -0.15) is 0 Å². The van der Waals surface area contributed by atoms with E-state index in [4.69, 9.17) is 18.9 Å². The van der Waals surface area contributed by atoms with E-state index in [1.54, 1.807) is 35.2 Å². The molecule has 0 spiro atoms. The number of rotatable bonds is 8. The molecule has 1 aliphatic heterocycles. The van der Waals surface area contributed by atoms with Crippen molar-refractivity contribution < 1.29 is 28.5 Å². The number of methoxy groups -OCH3 is 3. The molecule has 3 rings (SSSR count). The molecule has 0 N–H and O–H groups in total. The molecule has 0 aromatic heterocycles. The molecule has 31 heavy (non-hydrogen) atoms. The maximum atomic E-state index is 13.0. The second-order valence-electron chi connectivity index (χ2n) is 7.05. The van der Waals surface area contributed by atoms with Crippen molar-refractivity contribution in [1.82, 2.24) is 4.90 Å². The summed E-state index contributed by atoms with van der Waals surface area (Å²) in [5.74, 6) is 0.598. The van der Waals surface area contributed by atoms with Crippen LogP contribution in [-0.4, -0.2) is 51.2 Å². The van der Waals surface area contributed by atoms with Crippen LogP contribution in [0.5, 0.6) is 17.2 Å². The number of hydrogen-bond donors (Lipinski definition) is 0. The molecular formula is C24H27NO6. The number of carbonyl (C=O) groups is 2. The van der Waals surface area contributed by atoms with Gasteiger partial charge >= 0.3 is 5.97 Å². The van der Waals surface area contributed by atoms with Gasteiger partial charge in [-0.25, -0.2) is 4.79 Å². The van der Waals surface area contributed by atoms with Crippen LogP contribution in [0.3, 0.4) is 0 Å². The maximum absolute atomic E-state index is 13.0. The van der Waals surface area contributed by atoms with Crippen LogP contribution in [0.4, 0.5) is 0 Å². The highest BCUT2D eigenvalue weighted by Crippen LogP contribution is 2.38. The van der Waals surface area contributed by atoms with E-state index in [0.29, 0.717) is 41.5 Å². The van der Waals surface area contributed by atoms with Gasteiger partial charge in [0.05, 0.1) is 21.3 Å². The van der Waals surface area contributed by atoms with Gasteiger partial charge in [-0.1, -0.05) is 30.3 Å². The van der Waals surface area contributed by atoms with Crippen molar-refractivity contribution in [3.63, 3.8) is 0 Å². The van der Waals surface area contributed by atoms with E-state index >= 15 is 0 Å². The van der Waals surface area contributed by atoms with E-state index in [-0.39, 0.29) is 5.91 Å². The van der Waals surface area contributed by atoms with Crippen LogP contribution in [0.15, 0.2) is 48.5 Å². The first kappa shape index (κ1) is 22.2. The van der Waals surface area contributed by atoms with Gasteiger partial charge in [0.1, 0.15) is 0 Å². The zero-order chi connectivity index (χ0) is 22.2. The second-order valence-corrected chi connectivity index (χ2v) is 7.05. The largest absolute Gasteiger partial charge is 0.493 e. The molecule has 1 aliphatic rings. The summed E-state index contributed by atoms with van der Waals surface area (Å²) in [7, 11) is 4.56. The number of ether oxygens (including phenoxy) is 4. The smallest absolute Gasteiger partial charge is 0.331 e. The van der Waals surface area contributed by atoms with Gasteiger partial charge in [0.2, 0.25) is 11.9 Å². The summed E-state index contributed by atoms with van der Waals surface area (Å²) in [6.45, 7) is 1.36. The lowest BCUT2D eigenvalue weighted by molar-refractivity contribution is -0.156. The summed E-state index contributed by atoms with van der Waals surface area (Å²) < 4.78 is 21.6. The summed E-state index contributed by atoms with van der Waals surface area (Å²) in [6, 6.07) is 12.5. The van der Waals surface area contributed by atoms with Crippen molar-refractivity contribution >= 4 is 18.0 Å². The number of carbonyl (C=O) groups excluding carboxylic acids is 2. The zero-order valence-corrected chi connectivity index (χ0v) is 18.0. The highest BCUT2D eigenvalue weighted by Gasteiger charge is 2.30. The molecule has 0 saturated carbocycles. The van der Waals surface area contributed by atoms with E-state index in [1.165, 1.54) is 27.4 Å². The van der Waals surface area contributed by atoms with Crippen LogP contribution in [0.25, 0.3) is 6.08 Å². The van der Waals surface area contributed by atoms with E-state index in [0.717, 1.165) is 12.8 Å². The van der Waals surface area contributed by atoms with Crippen LogP contribution in [0.1, 0.15) is 30.1 Å². The first-order valence-electron chi connectivity index (χ1n) is 10.1. The average molecular weight is 425 g/mol. The Morgan fingerprint density at radius 3 is 2.10 bits per heavy atom. The number of nitrogens with zero attached hydrogens (tertiary/aromatic N) is 1. The molecule has 7 nitrogen and oxygen atoms in total. The standard InChI is InChI=1S/C24H27NO6/c1-28-19-15-17(16-20(29-2)23(19)30-3)11-12-21(26)31-22(18-9-5-4-6-10-18)24(27)25-13-7-8-14-25/h4-6,9-12,15-16,22H,7-8,13-14H2,1-3H3/b12-11+/t22-/m1/s1. The minimum Gasteiger partial charge on any atom is -0.493 e. The first-order chi connectivity index (χ1) is 15.1. The molecule has 0 radical (unpaired) electrons. The van der Waals surface area contributed by atoms with E-state index in [2.05, 4.69) is 0 Å². The van der Waals surface area contributed by atoms with Crippen molar-refractivity contribution in [2.45, 2.75) is 18.9 Å². The van der Waals surface area contributed by atoms with E-state index < -0.39 is 12.1 Å². The van der Waals surface area contributed by atoms with Gasteiger partial charge in [0, 0.05) is 24.7 Å². The van der Waals surface area contributed by atoms with Crippen molar-refractivity contribution in [2.75, 3.05) is 34.4 Å². The molecule has 7 heteroatoms. The Kier molecular flexibility index (Phi) is 7.54. The summed E-state index contributed by atoms with van der Waals surface area (Å²) in [5, 5.41) is 0. The summed E-state index contributed by atoms with van der Waals surface area (Å²) in [6.07, 6.45) is 3.81. The van der Waals surface area contributed by atoms with Crippen LogP contribution < -0.4 is 14.2 Å². The van der Waals surface area contributed by atoms with Crippen molar-refractivity contribution in [3.8, 4) is 17.2 Å². The molecule has 1 saturated heterocycles. The molecule has 0 unspecified atom stereocenters. The molecule has 164 valence electrons. The Hall–Kier alpha value is -3.48. The van der Waals surface area contributed by atoms with Crippen LogP contribution in [0, 0.1) is 0 Å². The number of amides is 1. The fourth-order valence-corrected chi connectivity index (χ4v) is 3.51. The third kappa shape index (κ3) is 5.36. The molecule has 0 bridgehead atoms. The fourth-order valence-electron chi connectivity index (χ4n) is 3.51. The summed E-state index contributed by atoms with van der Waals surface area (Å²) >= 11 is 0. The zero-order valence-electron chi connectivity index (χ0n) is 18.0. The van der Waals surface area contributed by atoms with Gasteiger partial charge in [-0.05, 0) is 36.6 Å². The van der Waals surface area contributed by atoms with Gasteiger partial charge in [0.15, 0.2) is 11.5 Å². The SMILES string of the molecule is COc1cc(/C=C/C(=O)O[C@@H](C(=O)N2CCCC2)c2ccccc2)cc(OC)c1OC. The number of esters is 1. The number of likely N-dealkylation sites (tertiary alicyclic amines) is 1. The summed E-state index contributed by atoms with van der Waals surface area (Å²) in [4.78, 5) is 27.3. The van der Waals surface area contributed by atoms with Crippen molar-refractivity contribution in [3.05, 3.63) is 59.7 Å². The highest BCUT2D eigenvalue weighted by molar-refractivity contribution is 5.91. The Bertz CT molecular complexity index is 909. The van der Waals surface area contributed by atoms with Gasteiger partial charge in [-0.3, -0.25) is 4.79 Å². The number of hydrogen-bond acceptors (Lipinski definition) is 6. The molecule has 2 aromatic carbocycles. The minimum atomic E-state index is -0.976. The maximum Gasteiger partial charge on any atom is 0.331 e. The van der Waals surface area contributed by atoms with Crippen LogP contribution in [0.2, 0.25) is 0 Å². The lowest BCUT2D eigenvalue weighted by atomic mass is 10.1. The van der Waals surface area contributed by atoms with E-state index in [1.807, 2.05) is 18.2 Å². The van der Waals surface area contributed by atoms with Gasteiger partial charge < -0.3 is 23.8 Å². The van der Waals surface area contributed by atoms with Crippen LogP contribution >= 0.6 is 0 Å². The third-order valence-corrected chi connectivity index (χ3v) is 5.08. The lowest BCUT2D eigenvalue weighted by Crippen LogP contribution is -2.34. The predicted molar refractivity (Wildman–Crippen MR) is 116 cm³/mol. The molecule has 2 aromatic rings. The topological polar surface area (TPSA) is 74.3 Å². The van der Waals surface area contributed by atoms with Crippen molar-refractivity contribution in [2.24, 2.45) is 0 Å². The highest BCUT2D eigenvalue weighted by atomic mass is 16.5. The quantitative estimate of drug-likeness (QED) is 0.475. The van der Waals surface area contributed by atoms with Gasteiger partial charge in [-0.15, -0.1) is 0 Å². The fraction of sp³-hybridized carbons (Fsp3) is 0.333. The number of benzene rings is 2. The van der Waals surface area contributed by atoms with E-state index in [9.17, 15) is 9.59 Å². The summed E-state index contributed by atoms with van der Waals surface area (Å²) in [5.41, 5.74) is 1.31. The predicted octanol–water partition coefficient (Wildman–Crippen LogP) is 3.63. The molecule has 1 amide bonds. The Labute approximate surface area is 182 Å². The monoisotopic (exact) mass is 425 g/mol. The molecular weight excluding hydrogens is 398 g/mol. The second kappa shape index (κ2) is 10.5. The minimum absolute atomic E-state index is 0.196. The Balaban J connectivity index is 1.79. The molecule has 1 fully saturated rings. The Morgan fingerprint density at radius 1 is 0.935 bits per heavy atom. The average Bonchev–Trinajstić information content (AvgIpc) is 3.35. The lowest BCUT2D eigenvalue weighted by Gasteiger charge is -2.23. The molecule has 1 heterocycles. The van der Waals surface area contributed by atoms with Gasteiger partial charge in [0.25, 0.3) is 5.91 Å². The molecule has 1 atom stereocenters. The van der Waals surface area contributed by atoms with Crippen molar-refractivity contribution in [1.29, 1.82) is 0 Å². The third-order valence-electron chi connectivity index (χ3n) is 5.08. The molecule has 0 aliphatic carbocycles.